The normalized spacial score (nSPS) is 11.3. The molecule has 0 radical (unpaired) electrons. The molecule has 2 aromatic rings. The topological polar surface area (TPSA) is 36.3 Å². The third kappa shape index (κ3) is 4.04. The van der Waals surface area contributed by atoms with Gasteiger partial charge in [0.15, 0.2) is 0 Å². The minimum absolute atomic E-state index is 0.526. The summed E-state index contributed by atoms with van der Waals surface area (Å²) in [6, 6.07) is 12.1. The summed E-state index contributed by atoms with van der Waals surface area (Å²) in [5.74, 6) is 2.51. The lowest BCUT2D eigenvalue weighted by Gasteiger charge is -2.29. The van der Waals surface area contributed by atoms with Crippen molar-refractivity contribution in [3.05, 3.63) is 42.0 Å². The lowest BCUT2D eigenvalue weighted by Crippen LogP contribution is -2.37. The van der Waals surface area contributed by atoms with E-state index in [1.54, 1.807) is 7.11 Å². The van der Waals surface area contributed by atoms with Crippen molar-refractivity contribution in [2.75, 3.05) is 20.2 Å². The van der Waals surface area contributed by atoms with Crippen LogP contribution in [0.2, 0.25) is 0 Å². The lowest BCUT2D eigenvalue weighted by molar-refractivity contribution is 0.327. The number of methoxy groups -OCH3 is 1. The Morgan fingerprint density at radius 3 is 2.04 bits per heavy atom. The highest BCUT2D eigenvalue weighted by atomic mass is 16.5. The summed E-state index contributed by atoms with van der Waals surface area (Å²) in [4.78, 5) is 2.20. The van der Waals surface area contributed by atoms with Gasteiger partial charge in [0, 0.05) is 24.0 Å². The molecule has 0 atom stereocenters. The standard InChI is InChI=1S/C20H28N2O/c1-14(2)12-22(13-15(3)4)20(21)18-10-11-19(23-5)17-9-7-6-8-16(17)18/h6-11,14-15,21H,12-13H2,1-5H3. The average Bonchev–Trinajstić information content (AvgIpc) is 2.51. The molecule has 23 heavy (non-hydrogen) atoms. The van der Waals surface area contributed by atoms with Crippen molar-refractivity contribution >= 4 is 16.6 Å². The lowest BCUT2D eigenvalue weighted by atomic mass is 10.0. The highest BCUT2D eigenvalue weighted by Crippen LogP contribution is 2.29. The van der Waals surface area contributed by atoms with Crippen molar-refractivity contribution in [3.63, 3.8) is 0 Å². The van der Waals surface area contributed by atoms with E-state index in [4.69, 9.17) is 10.1 Å². The molecule has 0 spiro atoms. The molecule has 0 fully saturated rings. The van der Waals surface area contributed by atoms with Crippen molar-refractivity contribution in [2.24, 2.45) is 11.8 Å². The first-order valence-electron chi connectivity index (χ1n) is 8.33. The predicted molar refractivity (Wildman–Crippen MR) is 98.6 cm³/mol. The molecule has 124 valence electrons. The minimum atomic E-state index is 0.526. The largest absolute Gasteiger partial charge is 0.496 e. The average molecular weight is 312 g/mol. The summed E-state index contributed by atoms with van der Waals surface area (Å²) < 4.78 is 5.47. The van der Waals surface area contributed by atoms with Gasteiger partial charge in [-0.05, 0) is 29.4 Å². The van der Waals surface area contributed by atoms with E-state index in [0.717, 1.165) is 35.2 Å². The molecule has 0 saturated carbocycles. The third-order valence-electron chi connectivity index (χ3n) is 3.85. The number of ether oxygens (including phenoxy) is 1. The van der Waals surface area contributed by atoms with E-state index in [1.807, 2.05) is 24.3 Å². The number of rotatable bonds is 6. The summed E-state index contributed by atoms with van der Waals surface area (Å²) >= 11 is 0. The maximum Gasteiger partial charge on any atom is 0.128 e. The maximum absolute atomic E-state index is 8.77. The van der Waals surface area contributed by atoms with Crippen LogP contribution >= 0.6 is 0 Å². The first kappa shape index (κ1) is 17.3. The zero-order valence-corrected chi connectivity index (χ0v) is 14.9. The number of hydrogen-bond donors (Lipinski definition) is 1. The van der Waals surface area contributed by atoms with Crippen LogP contribution in [-0.2, 0) is 0 Å². The van der Waals surface area contributed by atoms with Crippen LogP contribution in [0.15, 0.2) is 36.4 Å². The summed E-state index contributed by atoms with van der Waals surface area (Å²) in [5.41, 5.74) is 0.975. The van der Waals surface area contributed by atoms with E-state index in [9.17, 15) is 0 Å². The second-order valence-electron chi connectivity index (χ2n) is 6.90. The fourth-order valence-electron chi connectivity index (χ4n) is 2.96. The maximum atomic E-state index is 8.77. The zero-order valence-electron chi connectivity index (χ0n) is 14.9. The van der Waals surface area contributed by atoms with Crippen LogP contribution in [0.3, 0.4) is 0 Å². The van der Waals surface area contributed by atoms with E-state index in [1.165, 1.54) is 0 Å². The van der Waals surface area contributed by atoms with Crippen LogP contribution in [0.4, 0.5) is 0 Å². The molecular formula is C20H28N2O. The Labute approximate surface area is 139 Å². The van der Waals surface area contributed by atoms with Crippen molar-refractivity contribution < 1.29 is 4.74 Å². The Hall–Kier alpha value is -2.03. The Morgan fingerprint density at radius 2 is 1.52 bits per heavy atom. The van der Waals surface area contributed by atoms with E-state index < -0.39 is 0 Å². The molecule has 2 rings (SSSR count). The highest BCUT2D eigenvalue weighted by molar-refractivity contribution is 6.09. The molecule has 3 heteroatoms. The number of hydrogen-bond acceptors (Lipinski definition) is 2. The Morgan fingerprint density at radius 1 is 0.957 bits per heavy atom. The van der Waals surface area contributed by atoms with E-state index >= 15 is 0 Å². The molecule has 0 heterocycles. The van der Waals surface area contributed by atoms with Gasteiger partial charge in [-0.1, -0.05) is 52.0 Å². The first-order valence-corrected chi connectivity index (χ1v) is 8.33. The molecule has 0 amide bonds. The molecule has 0 aliphatic heterocycles. The minimum Gasteiger partial charge on any atom is -0.496 e. The summed E-state index contributed by atoms with van der Waals surface area (Å²) in [5, 5.41) is 10.9. The van der Waals surface area contributed by atoms with Gasteiger partial charge in [-0.15, -0.1) is 0 Å². The van der Waals surface area contributed by atoms with Crippen LogP contribution in [0.5, 0.6) is 5.75 Å². The van der Waals surface area contributed by atoms with Crippen LogP contribution in [0, 0.1) is 17.2 Å². The number of nitrogens with one attached hydrogen (secondary N) is 1. The Kier molecular flexibility index (Phi) is 5.64. The molecule has 1 N–H and O–H groups in total. The van der Waals surface area contributed by atoms with Gasteiger partial charge in [0.2, 0.25) is 0 Å². The summed E-state index contributed by atoms with van der Waals surface area (Å²) in [6.45, 7) is 10.6. The fourth-order valence-corrected chi connectivity index (χ4v) is 2.96. The van der Waals surface area contributed by atoms with E-state index in [0.29, 0.717) is 17.7 Å². The summed E-state index contributed by atoms with van der Waals surface area (Å²) in [6.07, 6.45) is 0. The Balaban J connectivity index is 2.46. The van der Waals surface area contributed by atoms with Gasteiger partial charge in [0.05, 0.1) is 7.11 Å². The van der Waals surface area contributed by atoms with Gasteiger partial charge in [-0.25, -0.2) is 0 Å². The first-order chi connectivity index (χ1) is 10.9. The van der Waals surface area contributed by atoms with Gasteiger partial charge in [0.1, 0.15) is 11.6 Å². The SMILES string of the molecule is COc1ccc(C(=N)N(CC(C)C)CC(C)C)c2ccccc12. The van der Waals surface area contributed by atoms with Crippen molar-refractivity contribution in [2.45, 2.75) is 27.7 Å². The number of benzene rings is 2. The van der Waals surface area contributed by atoms with Crippen molar-refractivity contribution in [3.8, 4) is 5.75 Å². The van der Waals surface area contributed by atoms with Gasteiger partial charge in [-0.3, -0.25) is 5.41 Å². The van der Waals surface area contributed by atoms with E-state index in [-0.39, 0.29) is 0 Å². The molecule has 3 nitrogen and oxygen atoms in total. The molecule has 2 aromatic carbocycles. The second kappa shape index (κ2) is 7.49. The molecule has 0 aliphatic rings. The molecular weight excluding hydrogens is 284 g/mol. The quantitative estimate of drug-likeness (QED) is 0.615. The van der Waals surface area contributed by atoms with Gasteiger partial charge in [0.25, 0.3) is 0 Å². The monoisotopic (exact) mass is 312 g/mol. The van der Waals surface area contributed by atoms with Crippen LogP contribution in [-0.4, -0.2) is 30.9 Å². The van der Waals surface area contributed by atoms with Crippen molar-refractivity contribution in [1.29, 1.82) is 5.41 Å². The molecule has 0 aromatic heterocycles. The number of fused-ring (bicyclic) bond motifs is 1. The number of nitrogens with zero attached hydrogens (tertiary/aromatic N) is 1. The molecule has 0 aliphatic carbocycles. The van der Waals surface area contributed by atoms with Gasteiger partial charge in [-0.2, -0.15) is 0 Å². The fraction of sp³-hybridized carbons (Fsp3) is 0.450. The number of amidine groups is 1. The van der Waals surface area contributed by atoms with Crippen LogP contribution in [0.25, 0.3) is 10.8 Å². The van der Waals surface area contributed by atoms with E-state index in [2.05, 4.69) is 44.7 Å². The molecule has 0 unspecified atom stereocenters. The second-order valence-corrected chi connectivity index (χ2v) is 6.90. The third-order valence-corrected chi connectivity index (χ3v) is 3.85. The summed E-state index contributed by atoms with van der Waals surface area (Å²) in [7, 11) is 1.69. The molecule has 0 saturated heterocycles. The van der Waals surface area contributed by atoms with Gasteiger partial charge >= 0.3 is 0 Å². The smallest absolute Gasteiger partial charge is 0.128 e. The Bertz CT molecular complexity index is 666. The zero-order chi connectivity index (χ0) is 17.0. The molecule has 0 bridgehead atoms. The van der Waals surface area contributed by atoms with Crippen LogP contribution in [0.1, 0.15) is 33.3 Å². The van der Waals surface area contributed by atoms with Crippen LogP contribution < -0.4 is 4.74 Å². The predicted octanol–water partition coefficient (Wildman–Crippen LogP) is 4.79. The van der Waals surface area contributed by atoms with Crippen molar-refractivity contribution in [1.82, 2.24) is 4.90 Å². The van der Waals surface area contributed by atoms with Gasteiger partial charge < -0.3 is 9.64 Å². The highest BCUT2D eigenvalue weighted by Gasteiger charge is 2.17.